The van der Waals surface area contributed by atoms with Gasteiger partial charge in [0.2, 0.25) is 10.0 Å². The van der Waals surface area contributed by atoms with Crippen LogP contribution in [0, 0.1) is 6.92 Å². The summed E-state index contributed by atoms with van der Waals surface area (Å²) in [6.07, 6.45) is 5.36. The first-order valence-electron chi connectivity index (χ1n) is 10.2. The van der Waals surface area contributed by atoms with Crippen molar-refractivity contribution in [2.75, 3.05) is 37.4 Å². The van der Waals surface area contributed by atoms with Gasteiger partial charge < -0.3 is 15.2 Å². The lowest BCUT2D eigenvalue weighted by Crippen LogP contribution is -2.50. The second-order valence-corrected chi connectivity index (χ2v) is 10.4. The Labute approximate surface area is 179 Å². The molecule has 2 heterocycles. The molecule has 0 amide bonds. The number of nitrogens with zero attached hydrogens (tertiary/aromatic N) is 5. The number of aryl methyl sites for hydroxylation is 1. The van der Waals surface area contributed by atoms with Crippen LogP contribution in [-0.2, 0) is 23.6 Å². The number of piperidine rings is 1. The molecule has 0 spiro atoms. The highest BCUT2D eigenvalue weighted by atomic mass is 32.2. The fourth-order valence-corrected chi connectivity index (χ4v) is 5.15. The molecule has 0 bridgehead atoms. The topological polar surface area (TPSA) is 105 Å². The third kappa shape index (κ3) is 7.45. The number of aliphatic imine (C=N–C) groups is 1. The number of aromatic nitrogens is 3. The lowest BCUT2D eigenvalue weighted by molar-refractivity contribution is 0.306. The van der Waals surface area contributed by atoms with Crippen molar-refractivity contribution in [3.63, 3.8) is 0 Å². The van der Waals surface area contributed by atoms with E-state index < -0.39 is 10.0 Å². The van der Waals surface area contributed by atoms with Gasteiger partial charge in [-0.05, 0) is 44.6 Å². The second kappa shape index (κ2) is 11.8. The maximum Gasteiger partial charge on any atom is 0.214 e. The van der Waals surface area contributed by atoms with Crippen molar-refractivity contribution in [3.8, 4) is 0 Å². The van der Waals surface area contributed by atoms with Crippen LogP contribution in [0.25, 0.3) is 0 Å². The van der Waals surface area contributed by atoms with Crippen LogP contribution in [0.2, 0.25) is 0 Å². The van der Waals surface area contributed by atoms with Crippen molar-refractivity contribution in [3.05, 3.63) is 11.6 Å². The molecule has 0 atom stereocenters. The number of sulfonamides is 1. The number of guanidine groups is 1. The molecule has 0 aliphatic carbocycles. The van der Waals surface area contributed by atoms with Gasteiger partial charge in [0.05, 0.1) is 5.75 Å². The van der Waals surface area contributed by atoms with E-state index in [4.69, 9.17) is 0 Å². The minimum Gasteiger partial charge on any atom is -0.356 e. The summed E-state index contributed by atoms with van der Waals surface area (Å²) in [5.74, 6) is 3.75. The van der Waals surface area contributed by atoms with E-state index in [1.54, 1.807) is 4.31 Å². The van der Waals surface area contributed by atoms with Crippen LogP contribution in [0.5, 0.6) is 0 Å². The average Bonchev–Trinajstić information content (AvgIpc) is 3.01. The van der Waals surface area contributed by atoms with Crippen LogP contribution in [0.1, 0.15) is 44.3 Å². The van der Waals surface area contributed by atoms with Crippen molar-refractivity contribution in [2.45, 2.75) is 52.1 Å². The molecule has 2 N–H and O–H groups in total. The summed E-state index contributed by atoms with van der Waals surface area (Å²) in [7, 11) is -1.18. The van der Waals surface area contributed by atoms with Gasteiger partial charge in [0.25, 0.3) is 0 Å². The van der Waals surface area contributed by atoms with Gasteiger partial charge in [0.15, 0.2) is 11.8 Å². The molecule has 0 saturated carbocycles. The quantitative estimate of drug-likeness (QED) is 0.316. The van der Waals surface area contributed by atoms with Gasteiger partial charge in [-0.25, -0.2) is 17.7 Å². The molecule has 0 aromatic carbocycles. The lowest BCUT2D eigenvalue weighted by atomic mass is 10.1. The van der Waals surface area contributed by atoms with Crippen LogP contribution in [0.4, 0.5) is 0 Å². The maximum atomic E-state index is 12.3. The third-order valence-corrected chi connectivity index (χ3v) is 7.80. The highest BCUT2D eigenvalue weighted by molar-refractivity contribution is 7.98. The van der Waals surface area contributed by atoms with E-state index >= 15 is 0 Å². The predicted octanol–water partition coefficient (Wildman–Crippen LogP) is 1.12. The van der Waals surface area contributed by atoms with Crippen LogP contribution in [0.15, 0.2) is 4.99 Å². The van der Waals surface area contributed by atoms with Gasteiger partial charge in [-0.2, -0.15) is 11.8 Å². The first-order valence-corrected chi connectivity index (χ1v) is 13.2. The zero-order valence-corrected chi connectivity index (χ0v) is 19.7. The highest BCUT2D eigenvalue weighted by Crippen LogP contribution is 2.15. The van der Waals surface area contributed by atoms with Crippen molar-refractivity contribution in [1.82, 2.24) is 29.7 Å². The smallest absolute Gasteiger partial charge is 0.214 e. The summed E-state index contributed by atoms with van der Waals surface area (Å²) < 4.78 is 28.1. The van der Waals surface area contributed by atoms with E-state index in [9.17, 15) is 8.42 Å². The minimum absolute atomic E-state index is 0.205. The van der Waals surface area contributed by atoms with Crippen LogP contribution in [0.3, 0.4) is 0 Å². The van der Waals surface area contributed by atoms with E-state index in [1.165, 1.54) is 0 Å². The summed E-state index contributed by atoms with van der Waals surface area (Å²) in [5, 5.41) is 15.1. The summed E-state index contributed by atoms with van der Waals surface area (Å²) in [4.78, 5) is 4.69. The van der Waals surface area contributed by atoms with Crippen molar-refractivity contribution < 1.29 is 8.42 Å². The molecule has 11 heteroatoms. The fourth-order valence-electron chi connectivity index (χ4n) is 3.17. The predicted molar refractivity (Wildman–Crippen MR) is 120 cm³/mol. The molecular weight excluding hydrogens is 410 g/mol. The molecule has 1 saturated heterocycles. The molecule has 2 rings (SSSR count). The Kier molecular flexibility index (Phi) is 9.70. The fraction of sp³-hybridized carbons (Fsp3) is 0.833. The maximum absolute atomic E-state index is 12.3. The monoisotopic (exact) mass is 445 g/mol. The molecule has 1 aromatic rings. The number of hydrogen-bond donors (Lipinski definition) is 2. The largest absolute Gasteiger partial charge is 0.356 e. The van der Waals surface area contributed by atoms with E-state index in [-0.39, 0.29) is 11.8 Å². The van der Waals surface area contributed by atoms with Crippen molar-refractivity contribution in [2.24, 2.45) is 12.0 Å². The van der Waals surface area contributed by atoms with Crippen molar-refractivity contribution in [1.29, 1.82) is 0 Å². The number of hydrogen-bond acceptors (Lipinski definition) is 6. The SMILES string of the molecule is CCCS(=O)(=O)N1CCC(NC(=NCc2nnc(C)n2C)NCCCSC)CC1. The third-order valence-electron chi connectivity index (χ3n) is 5.03. The summed E-state index contributed by atoms with van der Waals surface area (Å²) in [6.45, 7) is 6.22. The summed E-state index contributed by atoms with van der Waals surface area (Å²) in [5.41, 5.74) is 0. The van der Waals surface area contributed by atoms with Gasteiger partial charge >= 0.3 is 0 Å². The van der Waals surface area contributed by atoms with Crippen LogP contribution < -0.4 is 10.6 Å². The molecule has 9 nitrogen and oxygen atoms in total. The molecule has 0 radical (unpaired) electrons. The van der Waals surface area contributed by atoms with E-state index in [0.29, 0.717) is 26.1 Å². The standard InChI is InChI=1S/C18H35N7O2S2/c1-5-13-29(26,27)25-10-7-16(8-11-25)21-18(19-9-6-12-28-4)20-14-17-23-22-15(2)24(17)3/h16H,5-14H2,1-4H3,(H2,19,20,21). The zero-order chi connectivity index (χ0) is 21.3. The Bertz CT molecular complexity index is 756. The first kappa shape index (κ1) is 23.9. The number of nitrogens with one attached hydrogen (secondary N) is 2. The molecular formula is C18H35N7O2S2. The van der Waals surface area contributed by atoms with E-state index in [2.05, 4.69) is 32.1 Å². The molecule has 1 fully saturated rings. The highest BCUT2D eigenvalue weighted by Gasteiger charge is 2.27. The molecule has 166 valence electrons. The van der Waals surface area contributed by atoms with Gasteiger partial charge in [-0.3, -0.25) is 0 Å². The number of rotatable bonds is 10. The van der Waals surface area contributed by atoms with Crippen LogP contribution in [-0.4, -0.2) is 76.9 Å². The van der Waals surface area contributed by atoms with Gasteiger partial charge in [-0.1, -0.05) is 6.92 Å². The average molecular weight is 446 g/mol. The van der Waals surface area contributed by atoms with E-state index in [1.807, 2.05) is 37.2 Å². The molecule has 0 unspecified atom stereocenters. The lowest BCUT2D eigenvalue weighted by Gasteiger charge is -2.32. The normalized spacial score (nSPS) is 16.9. The second-order valence-electron chi connectivity index (χ2n) is 7.29. The molecule has 1 aliphatic heterocycles. The van der Waals surface area contributed by atoms with Crippen LogP contribution >= 0.6 is 11.8 Å². The molecule has 1 aliphatic rings. The Morgan fingerprint density at radius 2 is 2.03 bits per heavy atom. The van der Waals surface area contributed by atoms with Gasteiger partial charge in [0, 0.05) is 32.7 Å². The van der Waals surface area contributed by atoms with E-state index in [0.717, 1.165) is 49.2 Å². The Morgan fingerprint density at radius 3 is 2.62 bits per heavy atom. The molecule has 29 heavy (non-hydrogen) atoms. The minimum atomic E-state index is -3.12. The Balaban J connectivity index is 1.95. The van der Waals surface area contributed by atoms with Crippen molar-refractivity contribution >= 4 is 27.7 Å². The van der Waals surface area contributed by atoms with Gasteiger partial charge in [-0.15, -0.1) is 10.2 Å². The Hall–Kier alpha value is -1.33. The Morgan fingerprint density at radius 1 is 1.31 bits per heavy atom. The molecule has 1 aromatic heterocycles. The number of thioether (sulfide) groups is 1. The summed E-state index contributed by atoms with van der Waals surface area (Å²) in [6, 6.07) is 0.205. The van der Waals surface area contributed by atoms with Gasteiger partial charge in [0.1, 0.15) is 12.4 Å². The summed E-state index contributed by atoms with van der Waals surface area (Å²) >= 11 is 1.83. The first-order chi connectivity index (χ1) is 13.9. The zero-order valence-electron chi connectivity index (χ0n) is 18.0.